The summed E-state index contributed by atoms with van der Waals surface area (Å²) in [6.07, 6.45) is 0.655. The molecule has 0 bridgehead atoms. The normalized spacial score (nSPS) is 17.4. The number of likely N-dealkylation sites (N-methyl/N-ethyl adjacent to an activating group) is 1. The third kappa shape index (κ3) is 3.18. The number of aromatic nitrogens is 2. The molecular weight excluding hydrogens is 304 g/mol. The predicted molar refractivity (Wildman–Crippen MR) is 90.9 cm³/mol. The number of aryl methyl sites for hydroxylation is 1. The van der Waals surface area contributed by atoms with Crippen LogP contribution in [-0.4, -0.2) is 46.1 Å². The maximum Gasteiger partial charge on any atom is 0.224 e. The van der Waals surface area contributed by atoms with Gasteiger partial charge in [0.25, 0.3) is 0 Å². The Morgan fingerprint density at radius 1 is 1.29 bits per heavy atom. The van der Waals surface area contributed by atoms with Crippen LogP contribution in [0.15, 0.2) is 30.3 Å². The molecule has 0 spiro atoms. The fourth-order valence-electron chi connectivity index (χ4n) is 3.15. The molecule has 1 fully saturated rings. The van der Waals surface area contributed by atoms with Gasteiger partial charge >= 0.3 is 0 Å². The van der Waals surface area contributed by atoms with E-state index in [-0.39, 0.29) is 24.3 Å². The molecule has 3 rings (SSSR count). The van der Waals surface area contributed by atoms with Gasteiger partial charge in [0.05, 0.1) is 23.8 Å². The highest BCUT2D eigenvalue weighted by molar-refractivity contribution is 5.83. The fraction of sp³-hybridized carbons (Fsp3) is 0.389. The maximum atomic E-state index is 12.4. The second-order valence-corrected chi connectivity index (χ2v) is 6.32. The summed E-state index contributed by atoms with van der Waals surface area (Å²) in [6.45, 7) is 4.47. The van der Waals surface area contributed by atoms with Gasteiger partial charge in [-0.2, -0.15) is 5.10 Å². The van der Waals surface area contributed by atoms with E-state index in [1.807, 2.05) is 48.9 Å². The number of hydrogen-bond donors (Lipinski definition) is 1. The minimum absolute atomic E-state index is 0.0677. The van der Waals surface area contributed by atoms with Gasteiger partial charge in [0, 0.05) is 31.3 Å². The molecule has 1 aliphatic heterocycles. The molecule has 1 aromatic heterocycles. The molecular formula is C18H22N4O2. The van der Waals surface area contributed by atoms with Crippen molar-refractivity contribution in [2.45, 2.75) is 32.7 Å². The van der Waals surface area contributed by atoms with E-state index in [2.05, 4.69) is 10.4 Å². The van der Waals surface area contributed by atoms with E-state index in [4.69, 9.17) is 0 Å². The number of benzene rings is 1. The lowest BCUT2D eigenvalue weighted by Gasteiger charge is -2.12. The number of likely N-dealkylation sites (tertiary alicyclic amines) is 1. The molecule has 6 nitrogen and oxygen atoms in total. The fourth-order valence-corrected chi connectivity index (χ4v) is 3.15. The van der Waals surface area contributed by atoms with E-state index in [1.54, 1.807) is 11.9 Å². The van der Waals surface area contributed by atoms with Gasteiger partial charge in [-0.15, -0.1) is 0 Å². The zero-order chi connectivity index (χ0) is 17.3. The summed E-state index contributed by atoms with van der Waals surface area (Å²) in [6, 6.07) is 9.77. The topological polar surface area (TPSA) is 67.2 Å². The van der Waals surface area contributed by atoms with Crippen LogP contribution in [0.3, 0.4) is 0 Å². The van der Waals surface area contributed by atoms with Gasteiger partial charge in [-0.1, -0.05) is 18.2 Å². The van der Waals surface area contributed by atoms with E-state index in [0.717, 1.165) is 22.6 Å². The average Bonchev–Trinajstić information content (AvgIpc) is 3.01. The van der Waals surface area contributed by atoms with Crippen molar-refractivity contribution in [2.24, 2.45) is 0 Å². The Kier molecular flexibility index (Phi) is 4.38. The average molecular weight is 326 g/mol. The predicted octanol–water partition coefficient (Wildman–Crippen LogP) is 1.38. The molecule has 2 aromatic rings. The molecule has 24 heavy (non-hydrogen) atoms. The molecule has 1 aliphatic rings. The van der Waals surface area contributed by atoms with Gasteiger partial charge in [-0.3, -0.25) is 9.59 Å². The molecule has 126 valence electrons. The van der Waals surface area contributed by atoms with E-state index in [0.29, 0.717) is 13.0 Å². The molecule has 2 heterocycles. The Bertz CT molecular complexity index is 767. The van der Waals surface area contributed by atoms with Crippen LogP contribution in [0.4, 0.5) is 0 Å². The second kappa shape index (κ2) is 6.47. The van der Waals surface area contributed by atoms with Crippen LogP contribution in [0.25, 0.3) is 5.69 Å². The number of para-hydroxylation sites is 1. The molecule has 0 unspecified atom stereocenters. The van der Waals surface area contributed by atoms with Gasteiger partial charge in [0.15, 0.2) is 0 Å². The number of carbonyl (C=O) groups excluding carboxylic acids is 2. The molecule has 1 atom stereocenters. The van der Waals surface area contributed by atoms with Gasteiger partial charge in [0.2, 0.25) is 11.8 Å². The van der Waals surface area contributed by atoms with E-state index in [9.17, 15) is 9.59 Å². The van der Waals surface area contributed by atoms with E-state index >= 15 is 0 Å². The number of carbonyl (C=O) groups is 2. The third-order valence-electron chi connectivity index (χ3n) is 4.49. The van der Waals surface area contributed by atoms with Crippen LogP contribution in [-0.2, 0) is 16.0 Å². The molecule has 0 radical (unpaired) electrons. The van der Waals surface area contributed by atoms with Crippen molar-refractivity contribution < 1.29 is 9.59 Å². The Morgan fingerprint density at radius 3 is 2.62 bits per heavy atom. The second-order valence-electron chi connectivity index (χ2n) is 6.32. The molecule has 0 aliphatic carbocycles. The van der Waals surface area contributed by atoms with Crippen LogP contribution < -0.4 is 5.32 Å². The minimum Gasteiger partial charge on any atom is -0.351 e. The van der Waals surface area contributed by atoms with Crippen molar-refractivity contribution in [3.8, 4) is 5.69 Å². The van der Waals surface area contributed by atoms with Crippen molar-refractivity contribution in [3.05, 3.63) is 47.3 Å². The van der Waals surface area contributed by atoms with Crippen LogP contribution in [0.2, 0.25) is 0 Å². The van der Waals surface area contributed by atoms with Gasteiger partial charge < -0.3 is 10.2 Å². The quantitative estimate of drug-likeness (QED) is 0.923. The Labute approximate surface area is 141 Å². The molecule has 2 amide bonds. The number of nitrogens with zero attached hydrogens (tertiary/aromatic N) is 3. The van der Waals surface area contributed by atoms with E-state index in [1.165, 1.54) is 0 Å². The lowest BCUT2D eigenvalue weighted by Crippen LogP contribution is -2.37. The smallest absolute Gasteiger partial charge is 0.224 e. The van der Waals surface area contributed by atoms with Gasteiger partial charge in [-0.25, -0.2) is 4.68 Å². The minimum atomic E-state index is -0.0974. The number of rotatable bonds is 4. The molecule has 0 saturated carbocycles. The number of hydrogen-bond acceptors (Lipinski definition) is 3. The summed E-state index contributed by atoms with van der Waals surface area (Å²) in [7, 11) is 1.76. The van der Waals surface area contributed by atoms with Gasteiger partial charge in [0.1, 0.15) is 0 Å². The molecule has 6 heteroatoms. The van der Waals surface area contributed by atoms with Crippen molar-refractivity contribution in [1.29, 1.82) is 0 Å². The van der Waals surface area contributed by atoms with Crippen molar-refractivity contribution in [2.75, 3.05) is 13.6 Å². The van der Waals surface area contributed by atoms with E-state index < -0.39 is 0 Å². The van der Waals surface area contributed by atoms with Crippen molar-refractivity contribution in [1.82, 2.24) is 20.0 Å². The highest BCUT2D eigenvalue weighted by Gasteiger charge is 2.28. The summed E-state index contributed by atoms with van der Waals surface area (Å²) in [4.78, 5) is 25.6. The van der Waals surface area contributed by atoms with Crippen LogP contribution >= 0.6 is 0 Å². The summed E-state index contributed by atoms with van der Waals surface area (Å²) >= 11 is 0. The van der Waals surface area contributed by atoms with Crippen LogP contribution in [0, 0.1) is 13.8 Å². The summed E-state index contributed by atoms with van der Waals surface area (Å²) < 4.78 is 1.87. The first kappa shape index (κ1) is 16.2. The lowest BCUT2D eigenvalue weighted by molar-refractivity contribution is -0.126. The molecule has 1 N–H and O–H groups in total. The number of nitrogens with one attached hydrogen (secondary N) is 1. The van der Waals surface area contributed by atoms with Gasteiger partial charge in [-0.05, 0) is 26.0 Å². The maximum absolute atomic E-state index is 12.4. The monoisotopic (exact) mass is 326 g/mol. The first-order valence-corrected chi connectivity index (χ1v) is 8.09. The summed E-state index contributed by atoms with van der Waals surface area (Å²) in [5, 5.41) is 7.52. The van der Waals surface area contributed by atoms with Crippen LogP contribution in [0.5, 0.6) is 0 Å². The molecule has 1 saturated heterocycles. The zero-order valence-corrected chi connectivity index (χ0v) is 14.2. The molecule has 1 aromatic carbocycles. The lowest BCUT2D eigenvalue weighted by atomic mass is 10.1. The van der Waals surface area contributed by atoms with Crippen molar-refractivity contribution >= 4 is 11.8 Å². The van der Waals surface area contributed by atoms with Crippen LogP contribution in [0.1, 0.15) is 23.4 Å². The summed E-state index contributed by atoms with van der Waals surface area (Å²) in [5.74, 6) is 0.00599. The SMILES string of the molecule is Cc1nn(-c2ccccc2)c(C)c1CC(=O)N[C@@H]1CC(=O)N(C)C1. The first-order chi connectivity index (χ1) is 11.5. The number of amides is 2. The van der Waals surface area contributed by atoms with Crippen molar-refractivity contribution in [3.63, 3.8) is 0 Å². The standard InChI is InChI=1S/C18H22N4O2/c1-12-16(10-17(23)19-14-9-18(24)21(3)11-14)13(2)22(20-12)15-7-5-4-6-8-15/h4-8,14H,9-11H2,1-3H3,(H,19,23)/t14-/m1/s1. The Hall–Kier alpha value is -2.63. The highest BCUT2D eigenvalue weighted by atomic mass is 16.2. The third-order valence-corrected chi connectivity index (χ3v) is 4.49. The summed E-state index contributed by atoms with van der Waals surface area (Å²) in [5.41, 5.74) is 3.74. The largest absolute Gasteiger partial charge is 0.351 e. The highest BCUT2D eigenvalue weighted by Crippen LogP contribution is 2.18. The first-order valence-electron chi connectivity index (χ1n) is 8.09. The Morgan fingerprint density at radius 2 is 2.00 bits per heavy atom. The Balaban J connectivity index is 1.73. The zero-order valence-electron chi connectivity index (χ0n) is 14.2.